The standard InChI is InChI=1S/C31H43NO9.BrH/c1-32-14-28(15-37-2)12-11-18(38-3)30-17-13-29(35)25(41-27(34)16-9-7-6-8-10-16)19(17)31(36,24(33)26(29)40-5)20(23(30)32)21(39-4)22(28)30;/h6-10,17-26,33,35-36H,11-15H2,1-5H3;1H/t17?,18-,19+,20-,21-,22+,23+,24-,25+,26-,28-,29?,30-,31+;/m0./s1. The molecule has 1 heterocycles. The number of ether oxygens (including phenoxy) is 5. The van der Waals surface area contributed by atoms with Gasteiger partial charge in [0.25, 0.3) is 0 Å². The number of carbonyl (C=O) groups is 1. The zero-order valence-electron chi connectivity index (χ0n) is 24.8. The van der Waals surface area contributed by atoms with Gasteiger partial charge in [-0.25, -0.2) is 4.79 Å². The van der Waals surface area contributed by atoms with Crippen LogP contribution in [-0.4, -0.2) is 123 Å². The van der Waals surface area contributed by atoms with Gasteiger partial charge in [0.05, 0.1) is 24.4 Å². The van der Waals surface area contributed by atoms with Crippen molar-refractivity contribution in [1.29, 1.82) is 0 Å². The molecule has 1 aliphatic heterocycles. The van der Waals surface area contributed by atoms with Gasteiger partial charge in [0, 0.05) is 69.6 Å². The first-order valence-electron chi connectivity index (χ1n) is 14.8. The molecular formula is C31H44BrNO9. The Bertz CT molecular complexity index is 1210. The van der Waals surface area contributed by atoms with Gasteiger partial charge >= 0.3 is 5.97 Å². The van der Waals surface area contributed by atoms with Crippen LogP contribution in [0.25, 0.3) is 0 Å². The molecule has 0 amide bonds. The number of carbonyl (C=O) groups excluding carboxylic acids is 1. The van der Waals surface area contributed by atoms with Crippen LogP contribution in [0, 0.1) is 34.5 Å². The quantitative estimate of drug-likeness (QED) is 0.371. The van der Waals surface area contributed by atoms with Gasteiger partial charge in [0.15, 0.2) is 0 Å². The lowest BCUT2D eigenvalue weighted by atomic mass is 9.43. The van der Waals surface area contributed by atoms with Crippen LogP contribution in [0.3, 0.4) is 0 Å². The summed E-state index contributed by atoms with van der Waals surface area (Å²) < 4.78 is 30.6. The Labute approximate surface area is 257 Å². The second kappa shape index (κ2) is 10.2. The molecule has 5 saturated carbocycles. The minimum Gasteiger partial charge on any atom is -0.455 e. The molecule has 3 N–H and O–H groups in total. The zero-order chi connectivity index (χ0) is 29.1. The molecule has 6 fully saturated rings. The van der Waals surface area contributed by atoms with Crippen LogP contribution in [0.15, 0.2) is 30.3 Å². The van der Waals surface area contributed by atoms with Crippen molar-refractivity contribution in [3.63, 3.8) is 0 Å². The van der Waals surface area contributed by atoms with Crippen molar-refractivity contribution in [2.75, 3.05) is 48.6 Å². The molecule has 7 rings (SSSR count). The molecule has 0 aromatic heterocycles. The van der Waals surface area contributed by atoms with Crippen LogP contribution in [0.5, 0.6) is 0 Å². The average Bonchev–Trinajstić information content (AvgIpc) is 3.36. The second-order valence-electron chi connectivity index (χ2n) is 13.6. The number of piperidine rings is 1. The van der Waals surface area contributed by atoms with E-state index in [9.17, 15) is 20.1 Å². The Morgan fingerprint density at radius 2 is 1.74 bits per heavy atom. The monoisotopic (exact) mass is 653 g/mol. The van der Waals surface area contributed by atoms with E-state index in [0.29, 0.717) is 12.2 Å². The summed E-state index contributed by atoms with van der Waals surface area (Å²) in [4.78, 5) is 15.8. The van der Waals surface area contributed by atoms with E-state index in [1.54, 1.807) is 45.6 Å². The summed E-state index contributed by atoms with van der Waals surface area (Å²) in [6, 6.07) is 8.46. The maximum Gasteiger partial charge on any atom is 0.338 e. The summed E-state index contributed by atoms with van der Waals surface area (Å²) in [5.74, 6) is -2.30. The normalized spacial score (nSPS) is 51.6. The van der Waals surface area contributed by atoms with Crippen LogP contribution < -0.4 is 0 Å². The van der Waals surface area contributed by atoms with Crippen molar-refractivity contribution in [3.8, 4) is 0 Å². The third-order valence-corrected chi connectivity index (χ3v) is 12.5. The third-order valence-electron chi connectivity index (χ3n) is 12.5. The number of likely N-dealkylation sites (tertiary alicyclic amines) is 1. The molecule has 1 spiro atoms. The first kappa shape index (κ1) is 30.9. The number of fused-ring (bicyclic) bond motifs is 2. The highest BCUT2D eigenvalue weighted by atomic mass is 79.9. The van der Waals surface area contributed by atoms with E-state index in [1.165, 1.54) is 7.11 Å². The highest BCUT2D eigenvalue weighted by molar-refractivity contribution is 8.93. The van der Waals surface area contributed by atoms with Gasteiger partial charge in [-0.1, -0.05) is 18.2 Å². The summed E-state index contributed by atoms with van der Waals surface area (Å²) >= 11 is 0. The summed E-state index contributed by atoms with van der Waals surface area (Å²) in [5.41, 5.74) is -3.95. The van der Waals surface area contributed by atoms with E-state index < -0.39 is 58.8 Å². The second-order valence-corrected chi connectivity index (χ2v) is 13.6. The fourth-order valence-electron chi connectivity index (χ4n) is 11.8. The lowest BCUT2D eigenvalue weighted by Gasteiger charge is -2.69. The Kier molecular flexibility index (Phi) is 7.48. The average molecular weight is 655 g/mol. The maximum atomic E-state index is 13.5. The number of halogens is 1. The van der Waals surface area contributed by atoms with Crippen LogP contribution in [0.4, 0.5) is 0 Å². The van der Waals surface area contributed by atoms with E-state index in [4.69, 9.17) is 23.7 Å². The molecule has 5 aliphatic carbocycles. The topological polar surface area (TPSA) is 127 Å². The molecule has 234 valence electrons. The molecule has 1 saturated heterocycles. The molecule has 10 nitrogen and oxygen atoms in total. The molecule has 11 heteroatoms. The number of aliphatic hydroxyl groups excluding tert-OH is 1. The molecule has 6 aliphatic rings. The first-order valence-corrected chi connectivity index (χ1v) is 14.8. The van der Waals surface area contributed by atoms with Crippen molar-refractivity contribution in [1.82, 2.24) is 4.90 Å². The number of hydrogen-bond acceptors (Lipinski definition) is 10. The number of esters is 1. The van der Waals surface area contributed by atoms with Gasteiger partial charge in [-0.15, -0.1) is 17.0 Å². The molecule has 0 radical (unpaired) electrons. The zero-order valence-corrected chi connectivity index (χ0v) is 26.6. The van der Waals surface area contributed by atoms with Gasteiger partial charge < -0.3 is 43.9 Å². The number of rotatable bonds is 7. The molecule has 2 unspecified atom stereocenters. The summed E-state index contributed by atoms with van der Waals surface area (Å²) in [7, 11) is 8.65. The van der Waals surface area contributed by atoms with Crippen LogP contribution >= 0.6 is 17.0 Å². The van der Waals surface area contributed by atoms with E-state index >= 15 is 0 Å². The summed E-state index contributed by atoms with van der Waals surface area (Å²) in [6.45, 7) is 1.29. The van der Waals surface area contributed by atoms with Crippen LogP contribution in [-0.2, 0) is 23.7 Å². The number of methoxy groups -OCH3 is 4. The van der Waals surface area contributed by atoms with Crippen molar-refractivity contribution in [3.05, 3.63) is 35.9 Å². The number of aliphatic hydroxyl groups is 3. The fourth-order valence-corrected chi connectivity index (χ4v) is 11.8. The van der Waals surface area contributed by atoms with Gasteiger partial charge in [-0.2, -0.15) is 0 Å². The maximum absolute atomic E-state index is 13.5. The lowest BCUT2D eigenvalue weighted by Crippen LogP contribution is -2.79. The Hall–Kier alpha value is -1.15. The van der Waals surface area contributed by atoms with E-state index in [0.717, 1.165) is 19.4 Å². The molecule has 14 atom stereocenters. The number of nitrogens with zero attached hydrogens (tertiary/aromatic N) is 1. The highest BCUT2D eigenvalue weighted by Gasteiger charge is 2.90. The van der Waals surface area contributed by atoms with Gasteiger partial charge in [-0.05, 0) is 44.4 Å². The predicted molar refractivity (Wildman–Crippen MR) is 155 cm³/mol. The van der Waals surface area contributed by atoms with Gasteiger partial charge in [0.1, 0.15) is 29.5 Å². The minimum absolute atomic E-state index is 0. The van der Waals surface area contributed by atoms with E-state index in [1.807, 2.05) is 6.07 Å². The van der Waals surface area contributed by atoms with Crippen molar-refractivity contribution in [2.45, 2.75) is 67.0 Å². The Morgan fingerprint density at radius 3 is 2.36 bits per heavy atom. The SMILES string of the molecule is Br.COC[C@@]12CC[C@H](OC)[C@@]34C5CC6(O)[C@H](OC(=O)c7ccccc7)[C@@H]5[C@@](O)([C@@H]([C@H](OC)[C@H]13)[C@H]4N(C)C2)[C@@H](O)[C@@H]6OC. The van der Waals surface area contributed by atoms with E-state index in [-0.39, 0.29) is 52.8 Å². The largest absolute Gasteiger partial charge is 0.455 e. The predicted octanol–water partition coefficient (Wildman–Crippen LogP) is 1.29. The van der Waals surface area contributed by atoms with Crippen molar-refractivity contribution in [2.24, 2.45) is 34.5 Å². The van der Waals surface area contributed by atoms with Crippen molar-refractivity contribution >= 4 is 23.0 Å². The number of hydrogen-bond donors (Lipinski definition) is 3. The highest BCUT2D eigenvalue weighted by Crippen LogP contribution is 2.80. The molecule has 42 heavy (non-hydrogen) atoms. The number of benzene rings is 1. The summed E-state index contributed by atoms with van der Waals surface area (Å²) in [5, 5.41) is 37.6. The smallest absolute Gasteiger partial charge is 0.338 e. The lowest BCUT2D eigenvalue weighted by molar-refractivity contribution is -0.313. The Morgan fingerprint density at radius 1 is 1.02 bits per heavy atom. The molecule has 7 bridgehead atoms. The minimum atomic E-state index is -1.76. The van der Waals surface area contributed by atoms with Gasteiger partial charge in [0.2, 0.25) is 0 Å². The van der Waals surface area contributed by atoms with Gasteiger partial charge in [-0.3, -0.25) is 0 Å². The molecule has 1 aromatic rings. The molecular weight excluding hydrogens is 610 g/mol. The fraction of sp³-hybridized carbons (Fsp3) is 0.774. The molecule has 1 aromatic carbocycles. The van der Waals surface area contributed by atoms with Crippen molar-refractivity contribution < 1.29 is 43.8 Å². The van der Waals surface area contributed by atoms with Crippen LogP contribution in [0.2, 0.25) is 0 Å². The van der Waals surface area contributed by atoms with Crippen LogP contribution in [0.1, 0.15) is 29.6 Å². The van der Waals surface area contributed by atoms with E-state index in [2.05, 4.69) is 11.9 Å². The first-order chi connectivity index (χ1) is 19.6. The summed E-state index contributed by atoms with van der Waals surface area (Å²) in [6.07, 6.45) is -2.45. The Balaban J connectivity index is 0.00000316. The third kappa shape index (κ3) is 3.35.